The van der Waals surface area contributed by atoms with Crippen molar-refractivity contribution in [2.45, 2.75) is 6.92 Å². The van der Waals surface area contributed by atoms with Gasteiger partial charge in [-0.2, -0.15) is 0 Å². The number of esters is 1. The molecule has 4 nitrogen and oxygen atoms in total. The van der Waals surface area contributed by atoms with E-state index < -0.39 is 5.97 Å². The molecular weight excluding hydrogens is 302 g/mol. The molecule has 0 radical (unpaired) electrons. The van der Waals surface area contributed by atoms with Crippen molar-refractivity contribution in [2.24, 2.45) is 4.99 Å². The monoisotopic (exact) mass is 319 g/mol. The van der Waals surface area contributed by atoms with E-state index in [-0.39, 0.29) is 5.70 Å². The minimum atomic E-state index is -0.450. The fourth-order valence-electron chi connectivity index (χ4n) is 2.20. The van der Waals surface area contributed by atoms with E-state index in [1.54, 1.807) is 19.3 Å². The normalized spacial score (nSPS) is 15.7. The minimum absolute atomic E-state index is 0.281. The van der Waals surface area contributed by atoms with Crippen molar-refractivity contribution in [3.63, 3.8) is 0 Å². The summed E-state index contributed by atoms with van der Waals surface area (Å²) in [5.74, 6) is 0.603. The average molecular weight is 319 g/mol. The molecule has 2 aromatic rings. The van der Waals surface area contributed by atoms with Crippen molar-refractivity contribution in [2.75, 3.05) is 7.11 Å². The van der Waals surface area contributed by atoms with E-state index in [9.17, 15) is 4.79 Å². The number of methoxy groups -OCH3 is 1. The highest BCUT2D eigenvalue weighted by Crippen LogP contribution is 2.18. The zero-order valence-electron chi connectivity index (χ0n) is 13.5. The van der Waals surface area contributed by atoms with Gasteiger partial charge in [-0.25, -0.2) is 9.79 Å². The summed E-state index contributed by atoms with van der Waals surface area (Å²) in [7, 11) is 1.61. The smallest absolute Gasteiger partial charge is 0.363 e. The predicted molar refractivity (Wildman–Crippen MR) is 94.7 cm³/mol. The Balaban J connectivity index is 1.76. The first-order chi connectivity index (χ1) is 11.6. The Morgan fingerprint density at radius 2 is 1.62 bits per heavy atom. The molecule has 0 N–H and O–H groups in total. The molecule has 0 spiro atoms. The van der Waals surface area contributed by atoms with E-state index in [0.29, 0.717) is 5.90 Å². The molecular formula is C20H17NO3. The van der Waals surface area contributed by atoms with Crippen LogP contribution >= 0.6 is 0 Å². The molecule has 4 heteroatoms. The van der Waals surface area contributed by atoms with Gasteiger partial charge in [0.15, 0.2) is 5.70 Å². The van der Waals surface area contributed by atoms with Crippen molar-refractivity contribution >= 4 is 24.0 Å². The van der Waals surface area contributed by atoms with Crippen LogP contribution in [0.5, 0.6) is 5.75 Å². The van der Waals surface area contributed by atoms with Crippen molar-refractivity contribution in [3.05, 3.63) is 77.0 Å². The molecule has 0 bridgehead atoms. The van der Waals surface area contributed by atoms with Gasteiger partial charge in [-0.15, -0.1) is 0 Å². The molecule has 1 aliphatic rings. The third-order valence-corrected chi connectivity index (χ3v) is 3.55. The van der Waals surface area contributed by atoms with Crippen LogP contribution in [0, 0.1) is 6.92 Å². The number of benzene rings is 2. The highest BCUT2D eigenvalue weighted by atomic mass is 16.6. The van der Waals surface area contributed by atoms with E-state index in [4.69, 9.17) is 9.47 Å². The molecule has 24 heavy (non-hydrogen) atoms. The largest absolute Gasteiger partial charge is 0.497 e. The highest BCUT2D eigenvalue weighted by molar-refractivity contribution is 6.11. The fourth-order valence-corrected chi connectivity index (χ4v) is 2.20. The predicted octanol–water partition coefficient (Wildman–Crippen LogP) is 4.01. The summed E-state index contributed by atoms with van der Waals surface area (Å²) in [6, 6.07) is 15.4. The van der Waals surface area contributed by atoms with Gasteiger partial charge in [0.05, 0.1) is 7.11 Å². The number of nitrogens with zero attached hydrogens (tertiary/aromatic N) is 1. The average Bonchev–Trinajstić information content (AvgIpc) is 2.95. The summed E-state index contributed by atoms with van der Waals surface area (Å²) < 4.78 is 10.3. The van der Waals surface area contributed by atoms with Crippen LogP contribution in [0.3, 0.4) is 0 Å². The van der Waals surface area contributed by atoms with E-state index in [0.717, 1.165) is 16.9 Å². The fraction of sp³-hybridized carbons (Fsp3) is 0.100. The maximum absolute atomic E-state index is 11.9. The quantitative estimate of drug-likeness (QED) is 0.632. The van der Waals surface area contributed by atoms with Crippen LogP contribution in [0.4, 0.5) is 0 Å². The number of ether oxygens (including phenoxy) is 2. The number of hydrogen-bond acceptors (Lipinski definition) is 4. The van der Waals surface area contributed by atoms with Crippen molar-refractivity contribution in [1.82, 2.24) is 0 Å². The molecule has 0 unspecified atom stereocenters. The number of carbonyl (C=O) groups is 1. The Labute approximate surface area is 140 Å². The lowest BCUT2D eigenvalue weighted by Gasteiger charge is -1.99. The van der Waals surface area contributed by atoms with Gasteiger partial charge in [-0.05, 0) is 42.3 Å². The van der Waals surface area contributed by atoms with Gasteiger partial charge >= 0.3 is 5.97 Å². The molecule has 0 atom stereocenters. The number of cyclic esters (lactones) is 1. The SMILES string of the molecule is COc1ccc(/C=C2N=C(/C=C/c3ccc(C)cc3)OC\2=O)cc1. The van der Waals surface area contributed by atoms with Gasteiger partial charge in [0.2, 0.25) is 5.90 Å². The molecule has 0 amide bonds. The molecule has 0 aromatic heterocycles. The van der Waals surface area contributed by atoms with Crippen LogP contribution in [0.1, 0.15) is 16.7 Å². The van der Waals surface area contributed by atoms with Gasteiger partial charge in [0, 0.05) is 6.08 Å². The van der Waals surface area contributed by atoms with Crippen molar-refractivity contribution in [1.29, 1.82) is 0 Å². The molecule has 1 heterocycles. The highest BCUT2D eigenvalue weighted by Gasteiger charge is 2.20. The molecule has 3 rings (SSSR count). The Bertz CT molecular complexity index is 828. The summed E-state index contributed by atoms with van der Waals surface area (Å²) in [5.41, 5.74) is 3.35. The lowest BCUT2D eigenvalue weighted by molar-refractivity contribution is -0.129. The Morgan fingerprint density at radius 1 is 0.958 bits per heavy atom. The Morgan fingerprint density at radius 3 is 2.29 bits per heavy atom. The molecule has 0 aliphatic carbocycles. The van der Waals surface area contributed by atoms with Gasteiger partial charge in [0.25, 0.3) is 0 Å². The van der Waals surface area contributed by atoms with Crippen LogP contribution in [-0.4, -0.2) is 19.0 Å². The van der Waals surface area contributed by atoms with E-state index in [2.05, 4.69) is 4.99 Å². The summed E-state index contributed by atoms with van der Waals surface area (Å²) in [6.07, 6.45) is 5.24. The summed E-state index contributed by atoms with van der Waals surface area (Å²) in [6.45, 7) is 2.03. The number of carbonyl (C=O) groups excluding carboxylic acids is 1. The standard InChI is InChI=1S/C20H17NO3/c1-14-3-5-15(6-4-14)9-12-19-21-18(20(22)24-19)13-16-7-10-17(23-2)11-8-16/h3-13H,1-2H3/b12-9+,18-13-. The third kappa shape index (κ3) is 3.79. The molecule has 0 saturated heterocycles. The first-order valence-corrected chi connectivity index (χ1v) is 7.55. The molecule has 2 aromatic carbocycles. The molecule has 1 aliphatic heterocycles. The second-order valence-electron chi connectivity index (χ2n) is 5.39. The van der Waals surface area contributed by atoms with Gasteiger partial charge < -0.3 is 9.47 Å². The van der Waals surface area contributed by atoms with Crippen molar-refractivity contribution in [3.8, 4) is 5.75 Å². The lowest BCUT2D eigenvalue weighted by Crippen LogP contribution is -2.01. The maximum Gasteiger partial charge on any atom is 0.363 e. The first kappa shape index (κ1) is 15.7. The van der Waals surface area contributed by atoms with Crippen LogP contribution in [0.15, 0.2) is 65.3 Å². The second-order valence-corrected chi connectivity index (χ2v) is 5.39. The maximum atomic E-state index is 11.9. The van der Waals surface area contributed by atoms with Gasteiger partial charge in [0.1, 0.15) is 5.75 Å². The van der Waals surface area contributed by atoms with Crippen LogP contribution in [-0.2, 0) is 9.53 Å². The molecule has 0 saturated carbocycles. The minimum Gasteiger partial charge on any atom is -0.497 e. The van der Waals surface area contributed by atoms with Crippen LogP contribution in [0.2, 0.25) is 0 Å². The van der Waals surface area contributed by atoms with Crippen LogP contribution < -0.4 is 4.74 Å². The third-order valence-electron chi connectivity index (χ3n) is 3.55. The van der Waals surface area contributed by atoms with E-state index in [1.807, 2.05) is 61.5 Å². The summed E-state index contributed by atoms with van der Waals surface area (Å²) in [4.78, 5) is 16.1. The topological polar surface area (TPSA) is 47.9 Å². The van der Waals surface area contributed by atoms with Crippen molar-refractivity contribution < 1.29 is 14.3 Å². The first-order valence-electron chi connectivity index (χ1n) is 7.55. The zero-order valence-corrected chi connectivity index (χ0v) is 13.5. The lowest BCUT2D eigenvalue weighted by atomic mass is 10.1. The zero-order chi connectivity index (χ0) is 16.9. The summed E-state index contributed by atoms with van der Waals surface area (Å²) in [5, 5.41) is 0. The number of rotatable bonds is 4. The second kappa shape index (κ2) is 6.96. The van der Waals surface area contributed by atoms with E-state index in [1.165, 1.54) is 5.56 Å². The van der Waals surface area contributed by atoms with E-state index >= 15 is 0 Å². The van der Waals surface area contributed by atoms with Crippen LogP contribution in [0.25, 0.3) is 12.2 Å². The number of aliphatic imine (C=N–C) groups is 1. The Kier molecular flexibility index (Phi) is 4.57. The number of hydrogen-bond donors (Lipinski definition) is 0. The summed E-state index contributed by atoms with van der Waals surface area (Å²) >= 11 is 0. The van der Waals surface area contributed by atoms with Gasteiger partial charge in [-0.1, -0.05) is 42.0 Å². The Hall–Kier alpha value is -3.14. The molecule has 120 valence electrons. The van der Waals surface area contributed by atoms with Gasteiger partial charge in [-0.3, -0.25) is 0 Å². The number of aryl methyl sites for hydroxylation is 1. The molecule has 0 fully saturated rings.